The Kier molecular flexibility index (Phi) is 3.86. The highest BCUT2D eigenvalue weighted by molar-refractivity contribution is 5.77. The largest absolute Gasteiger partial charge is 0.330 e. The fraction of sp³-hybridized carbons (Fsp3) is 0.556. The molecule has 26 heavy (non-hydrogen) atoms. The Hall–Kier alpha value is -2.64. The molecule has 4 rings (SSSR count). The standard InChI is InChI=1S/C18H24N6O2/c1-5-22-14-16(23(6-2)18(26)20-17(14)25)19-15(22)13-11-8-7-9-12(11)21-24(13)10(3)4/h10H,5-9H2,1-4H3,(H,20,25,26). The number of H-pyrrole nitrogens is 1. The van der Waals surface area contributed by atoms with Gasteiger partial charge in [0, 0.05) is 24.7 Å². The first-order chi connectivity index (χ1) is 12.5. The van der Waals surface area contributed by atoms with Crippen molar-refractivity contribution in [1.82, 2.24) is 28.9 Å². The van der Waals surface area contributed by atoms with E-state index < -0.39 is 5.69 Å². The summed E-state index contributed by atoms with van der Waals surface area (Å²) in [5, 5.41) is 4.80. The van der Waals surface area contributed by atoms with E-state index in [0.29, 0.717) is 24.3 Å². The van der Waals surface area contributed by atoms with Crippen LogP contribution < -0.4 is 11.2 Å². The van der Waals surface area contributed by atoms with Crippen LogP contribution in [0, 0.1) is 0 Å². The van der Waals surface area contributed by atoms with Gasteiger partial charge < -0.3 is 4.57 Å². The van der Waals surface area contributed by atoms with E-state index in [9.17, 15) is 9.59 Å². The van der Waals surface area contributed by atoms with Gasteiger partial charge in [0.15, 0.2) is 17.0 Å². The number of imidazole rings is 1. The minimum Gasteiger partial charge on any atom is -0.317 e. The maximum Gasteiger partial charge on any atom is 0.330 e. The number of fused-ring (bicyclic) bond motifs is 2. The quantitative estimate of drug-likeness (QED) is 0.772. The SMILES string of the molecule is CCn1c(-c2c3c(nn2C(C)C)CCC3)nc2c1c(=O)[nH]c(=O)n2CC. The number of aromatic nitrogens is 6. The lowest BCUT2D eigenvalue weighted by Gasteiger charge is -2.13. The van der Waals surface area contributed by atoms with Crippen molar-refractivity contribution in [1.29, 1.82) is 0 Å². The van der Waals surface area contributed by atoms with Gasteiger partial charge in [-0.1, -0.05) is 0 Å². The normalized spacial score (nSPS) is 13.9. The third kappa shape index (κ3) is 2.21. The molecule has 3 aromatic heterocycles. The van der Waals surface area contributed by atoms with Gasteiger partial charge in [0.2, 0.25) is 0 Å². The summed E-state index contributed by atoms with van der Waals surface area (Å²) in [7, 11) is 0. The monoisotopic (exact) mass is 356 g/mol. The molecule has 0 unspecified atom stereocenters. The molecule has 0 fully saturated rings. The average molecular weight is 356 g/mol. The topological polar surface area (TPSA) is 90.5 Å². The molecule has 1 aliphatic carbocycles. The molecule has 8 nitrogen and oxygen atoms in total. The van der Waals surface area contributed by atoms with Crippen LogP contribution in [-0.2, 0) is 25.9 Å². The van der Waals surface area contributed by atoms with Crippen LogP contribution in [-0.4, -0.2) is 28.9 Å². The molecule has 138 valence electrons. The molecule has 0 spiro atoms. The van der Waals surface area contributed by atoms with Crippen LogP contribution in [0.1, 0.15) is 51.4 Å². The van der Waals surface area contributed by atoms with Crippen LogP contribution in [0.15, 0.2) is 9.59 Å². The second-order valence-electron chi connectivity index (χ2n) is 7.02. The molecule has 0 atom stereocenters. The molecule has 8 heteroatoms. The van der Waals surface area contributed by atoms with Gasteiger partial charge in [0.25, 0.3) is 5.56 Å². The van der Waals surface area contributed by atoms with Crippen molar-refractivity contribution in [3.63, 3.8) is 0 Å². The van der Waals surface area contributed by atoms with E-state index in [1.165, 1.54) is 10.1 Å². The van der Waals surface area contributed by atoms with Gasteiger partial charge in [0.05, 0.1) is 5.69 Å². The number of nitrogens with one attached hydrogen (secondary N) is 1. The maximum absolute atomic E-state index is 12.5. The molecule has 0 bridgehead atoms. The van der Waals surface area contributed by atoms with E-state index in [-0.39, 0.29) is 11.6 Å². The van der Waals surface area contributed by atoms with Crippen molar-refractivity contribution in [2.24, 2.45) is 0 Å². The summed E-state index contributed by atoms with van der Waals surface area (Å²) >= 11 is 0. The van der Waals surface area contributed by atoms with Gasteiger partial charge >= 0.3 is 5.69 Å². The lowest BCUT2D eigenvalue weighted by molar-refractivity contribution is 0.526. The fourth-order valence-electron chi connectivity index (χ4n) is 3.98. The molecule has 0 aromatic carbocycles. The smallest absolute Gasteiger partial charge is 0.317 e. The Morgan fingerprint density at radius 1 is 1.12 bits per heavy atom. The van der Waals surface area contributed by atoms with Crippen molar-refractivity contribution in [2.45, 2.75) is 66.1 Å². The Labute approximate surface area is 150 Å². The number of hydrogen-bond acceptors (Lipinski definition) is 4. The number of aryl methyl sites for hydroxylation is 3. The highest BCUT2D eigenvalue weighted by Gasteiger charge is 2.29. The van der Waals surface area contributed by atoms with E-state index in [1.807, 2.05) is 23.1 Å². The van der Waals surface area contributed by atoms with E-state index in [2.05, 4.69) is 18.8 Å². The van der Waals surface area contributed by atoms with Gasteiger partial charge in [-0.25, -0.2) is 9.78 Å². The van der Waals surface area contributed by atoms with Gasteiger partial charge in [0.1, 0.15) is 5.69 Å². The summed E-state index contributed by atoms with van der Waals surface area (Å²) in [5.74, 6) is 0.727. The zero-order valence-electron chi connectivity index (χ0n) is 15.7. The molecule has 3 aromatic rings. The molecule has 0 amide bonds. The lowest BCUT2D eigenvalue weighted by Crippen LogP contribution is -2.30. The highest BCUT2D eigenvalue weighted by atomic mass is 16.2. The lowest BCUT2D eigenvalue weighted by atomic mass is 10.2. The van der Waals surface area contributed by atoms with Crippen LogP contribution in [0.2, 0.25) is 0 Å². The third-order valence-electron chi connectivity index (χ3n) is 5.15. The van der Waals surface area contributed by atoms with E-state index in [1.54, 1.807) is 0 Å². The highest BCUT2D eigenvalue weighted by Crippen LogP contribution is 2.34. The zero-order chi connectivity index (χ0) is 18.6. The Morgan fingerprint density at radius 2 is 1.85 bits per heavy atom. The second-order valence-corrected chi connectivity index (χ2v) is 7.02. The summed E-state index contributed by atoms with van der Waals surface area (Å²) in [4.78, 5) is 31.9. The van der Waals surface area contributed by atoms with Crippen molar-refractivity contribution in [3.8, 4) is 11.5 Å². The second kappa shape index (κ2) is 5.96. The van der Waals surface area contributed by atoms with E-state index >= 15 is 0 Å². The number of rotatable bonds is 4. The predicted molar refractivity (Wildman–Crippen MR) is 99.6 cm³/mol. The molecule has 0 radical (unpaired) electrons. The first-order valence-electron chi connectivity index (χ1n) is 9.31. The van der Waals surface area contributed by atoms with Crippen LogP contribution in [0.5, 0.6) is 0 Å². The van der Waals surface area contributed by atoms with Gasteiger partial charge in [-0.05, 0) is 47.0 Å². The van der Waals surface area contributed by atoms with Crippen molar-refractivity contribution >= 4 is 11.2 Å². The summed E-state index contributed by atoms with van der Waals surface area (Å²) in [6.07, 6.45) is 3.05. The van der Waals surface area contributed by atoms with Crippen LogP contribution in [0.3, 0.4) is 0 Å². The Bertz CT molecular complexity index is 1110. The van der Waals surface area contributed by atoms with E-state index in [0.717, 1.165) is 36.5 Å². The van der Waals surface area contributed by atoms with Crippen LogP contribution in [0.25, 0.3) is 22.7 Å². The summed E-state index contributed by atoms with van der Waals surface area (Å²) in [6.45, 7) is 9.10. The average Bonchev–Trinajstić information content (AvgIpc) is 3.26. The predicted octanol–water partition coefficient (Wildman–Crippen LogP) is 1.86. The molecule has 3 heterocycles. The van der Waals surface area contributed by atoms with Crippen LogP contribution >= 0.6 is 0 Å². The number of nitrogens with zero attached hydrogens (tertiary/aromatic N) is 5. The number of aromatic amines is 1. The molecule has 0 saturated carbocycles. The Balaban J connectivity index is 2.13. The summed E-state index contributed by atoms with van der Waals surface area (Å²) < 4.78 is 5.44. The maximum atomic E-state index is 12.5. The Morgan fingerprint density at radius 3 is 2.50 bits per heavy atom. The number of hydrogen-bond donors (Lipinski definition) is 1. The van der Waals surface area contributed by atoms with Gasteiger partial charge in [-0.15, -0.1) is 0 Å². The van der Waals surface area contributed by atoms with Crippen molar-refractivity contribution in [3.05, 3.63) is 32.1 Å². The fourth-order valence-corrected chi connectivity index (χ4v) is 3.98. The van der Waals surface area contributed by atoms with Gasteiger partial charge in [-0.3, -0.25) is 19.0 Å². The minimum atomic E-state index is -0.417. The zero-order valence-corrected chi connectivity index (χ0v) is 15.7. The van der Waals surface area contributed by atoms with Crippen molar-refractivity contribution in [2.75, 3.05) is 0 Å². The minimum absolute atomic E-state index is 0.187. The molecular formula is C18H24N6O2. The third-order valence-corrected chi connectivity index (χ3v) is 5.15. The molecule has 0 aliphatic heterocycles. The summed E-state index contributed by atoms with van der Waals surface area (Å²) in [5.41, 5.74) is 3.44. The molecular weight excluding hydrogens is 332 g/mol. The summed E-state index contributed by atoms with van der Waals surface area (Å²) in [6, 6.07) is 0.187. The molecule has 1 aliphatic rings. The molecule has 1 N–H and O–H groups in total. The molecule has 0 saturated heterocycles. The van der Waals surface area contributed by atoms with Crippen molar-refractivity contribution < 1.29 is 0 Å². The van der Waals surface area contributed by atoms with E-state index in [4.69, 9.17) is 10.1 Å². The first-order valence-corrected chi connectivity index (χ1v) is 9.31. The van der Waals surface area contributed by atoms with Crippen LogP contribution in [0.4, 0.5) is 0 Å². The van der Waals surface area contributed by atoms with Gasteiger partial charge in [-0.2, -0.15) is 5.10 Å². The first kappa shape index (κ1) is 16.8.